The fourth-order valence-electron chi connectivity index (χ4n) is 2.24. The summed E-state index contributed by atoms with van der Waals surface area (Å²) in [5.74, 6) is -1.05. The third-order valence-corrected chi connectivity index (χ3v) is 4.22. The molecule has 0 radical (unpaired) electrons. The van der Waals surface area contributed by atoms with Crippen molar-refractivity contribution in [2.75, 3.05) is 18.9 Å². The van der Waals surface area contributed by atoms with Gasteiger partial charge < -0.3 is 10.0 Å². The summed E-state index contributed by atoms with van der Waals surface area (Å²) in [6.45, 7) is 3.61. The number of carboxylic acids is 1. The summed E-state index contributed by atoms with van der Waals surface area (Å²) in [4.78, 5) is 40.3. The standard InChI is InChI=1S/C13H17N3O4S/c1-13(2)4-7-10(8(17)5-13)21-11(14-7)15-12(20)16(3)6-9(18)19/h4-6H2,1-3H3,(H,18,19)(H,14,15,20). The van der Waals surface area contributed by atoms with Gasteiger partial charge in [-0.15, -0.1) is 0 Å². The van der Waals surface area contributed by atoms with Crippen LogP contribution in [0.5, 0.6) is 0 Å². The van der Waals surface area contributed by atoms with E-state index in [1.54, 1.807) is 0 Å². The number of hydrogen-bond acceptors (Lipinski definition) is 5. The van der Waals surface area contributed by atoms with Crippen molar-refractivity contribution in [1.82, 2.24) is 9.88 Å². The second-order valence-electron chi connectivity index (χ2n) is 5.92. The van der Waals surface area contributed by atoms with Gasteiger partial charge in [-0.05, 0) is 11.8 Å². The number of thiazole rings is 1. The predicted molar refractivity (Wildman–Crippen MR) is 77.8 cm³/mol. The van der Waals surface area contributed by atoms with Crippen LogP contribution in [0.2, 0.25) is 0 Å². The molecule has 21 heavy (non-hydrogen) atoms. The molecule has 7 nitrogen and oxygen atoms in total. The number of nitrogens with zero attached hydrogens (tertiary/aromatic N) is 2. The van der Waals surface area contributed by atoms with Crippen molar-refractivity contribution in [2.24, 2.45) is 5.41 Å². The molecule has 2 N–H and O–H groups in total. The fraction of sp³-hybridized carbons (Fsp3) is 0.538. The van der Waals surface area contributed by atoms with Crippen LogP contribution < -0.4 is 5.32 Å². The van der Waals surface area contributed by atoms with Gasteiger partial charge in [-0.2, -0.15) is 0 Å². The van der Waals surface area contributed by atoms with E-state index in [0.717, 1.165) is 16.2 Å². The van der Waals surface area contributed by atoms with Gasteiger partial charge in [-0.1, -0.05) is 25.2 Å². The van der Waals surface area contributed by atoms with E-state index in [1.165, 1.54) is 7.05 Å². The minimum Gasteiger partial charge on any atom is -0.480 e. The number of likely N-dealkylation sites (N-methyl/N-ethyl adjacent to an activating group) is 1. The molecule has 0 atom stereocenters. The van der Waals surface area contributed by atoms with Gasteiger partial charge in [0.25, 0.3) is 0 Å². The minimum atomic E-state index is -1.09. The molecule has 8 heteroatoms. The second-order valence-corrected chi connectivity index (χ2v) is 6.91. The largest absolute Gasteiger partial charge is 0.480 e. The Labute approximate surface area is 126 Å². The molecule has 1 aliphatic carbocycles. The minimum absolute atomic E-state index is 0.0399. The molecule has 2 amide bonds. The third kappa shape index (κ3) is 3.57. The fourth-order valence-corrected chi connectivity index (χ4v) is 3.14. The topological polar surface area (TPSA) is 99.6 Å². The molecule has 0 fully saturated rings. The average molecular weight is 311 g/mol. The number of ketones is 1. The van der Waals surface area contributed by atoms with E-state index in [1.807, 2.05) is 13.8 Å². The maximum Gasteiger partial charge on any atom is 0.323 e. The van der Waals surface area contributed by atoms with Crippen LogP contribution in [0.25, 0.3) is 0 Å². The summed E-state index contributed by atoms with van der Waals surface area (Å²) < 4.78 is 0. The van der Waals surface area contributed by atoms with Crippen LogP contribution in [-0.4, -0.2) is 46.4 Å². The van der Waals surface area contributed by atoms with Crippen LogP contribution in [0.15, 0.2) is 0 Å². The summed E-state index contributed by atoms with van der Waals surface area (Å²) in [5, 5.41) is 11.5. The maximum atomic E-state index is 12.0. The number of Topliss-reactive ketones (excluding diaryl/α,β-unsaturated/α-hetero) is 1. The van der Waals surface area contributed by atoms with Crippen molar-refractivity contribution in [1.29, 1.82) is 0 Å². The first-order chi connectivity index (χ1) is 9.68. The van der Waals surface area contributed by atoms with Gasteiger partial charge in [0.1, 0.15) is 6.54 Å². The number of fused-ring (bicyclic) bond motifs is 1. The quantitative estimate of drug-likeness (QED) is 0.887. The van der Waals surface area contributed by atoms with Crippen molar-refractivity contribution < 1.29 is 19.5 Å². The lowest BCUT2D eigenvalue weighted by molar-refractivity contribution is -0.137. The number of hydrogen-bond donors (Lipinski definition) is 2. The van der Waals surface area contributed by atoms with Gasteiger partial charge in [-0.25, -0.2) is 9.78 Å². The van der Waals surface area contributed by atoms with E-state index in [0.29, 0.717) is 28.5 Å². The Balaban J connectivity index is 2.12. The molecule has 2 rings (SSSR count). The molecule has 0 saturated heterocycles. The molecule has 1 aromatic heterocycles. The first kappa shape index (κ1) is 15.4. The first-order valence-electron chi connectivity index (χ1n) is 6.45. The highest BCUT2D eigenvalue weighted by molar-refractivity contribution is 7.17. The Bertz CT molecular complexity index is 609. The molecule has 114 valence electrons. The average Bonchev–Trinajstić information content (AvgIpc) is 2.69. The van der Waals surface area contributed by atoms with Crippen molar-refractivity contribution in [3.05, 3.63) is 10.6 Å². The maximum absolute atomic E-state index is 12.0. The van der Waals surface area contributed by atoms with E-state index < -0.39 is 18.5 Å². The highest BCUT2D eigenvalue weighted by Crippen LogP contribution is 2.38. The molecule has 0 aliphatic heterocycles. The summed E-state index contributed by atoms with van der Waals surface area (Å²) in [6.07, 6.45) is 1.15. The molecule has 0 spiro atoms. The van der Waals surface area contributed by atoms with Crippen LogP contribution in [0.1, 0.15) is 35.6 Å². The van der Waals surface area contributed by atoms with Gasteiger partial charge in [0.05, 0.1) is 10.6 Å². The normalized spacial score (nSPS) is 16.2. The number of carbonyl (C=O) groups excluding carboxylic acids is 2. The van der Waals surface area contributed by atoms with E-state index >= 15 is 0 Å². The van der Waals surface area contributed by atoms with E-state index in [2.05, 4.69) is 10.3 Å². The Morgan fingerprint density at radius 1 is 1.43 bits per heavy atom. The van der Waals surface area contributed by atoms with Crippen molar-refractivity contribution in [3.63, 3.8) is 0 Å². The number of carboxylic acid groups (broad SMARTS) is 1. The highest BCUT2D eigenvalue weighted by Gasteiger charge is 2.34. The zero-order chi connectivity index (χ0) is 15.8. The molecule has 1 aliphatic rings. The Morgan fingerprint density at radius 3 is 2.71 bits per heavy atom. The molecule has 0 saturated carbocycles. The van der Waals surface area contributed by atoms with Crippen LogP contribution >= 0.6 is 11.3 Å². The Morgan fingerprint density at radius 2 is 2.10 bits per heavy atom. The molecular weight excluding hydrogens is 294 g/mol. The molecule has 1 aromatic rings. The van der Waals surface area contributed by atoms with E-state index in [9.17, 15) is 14.4 Å². The molecule has 0 aromatic carbocycles. The Hall–Kier alpha value is -1.96. The lowest BCUT2D eigenvalue weighted by Gasteiger charge is -2.26. The van der Waals surface area contributed by atoms with Crippen molar-refractivity contribution >= 4 is 34.3 Å². The van der Waals surface area contributed by atoms with E-state index in [4.69, 9.17) is 5.11 Å². The van der Waals surface area contributed by atoms with Gasteiger partial charge >= 0.3 is 12.0 Å². The zero-order valence-corrected chi connectivity index (χ0v) is 12.9. The van der Waals surface area contributed by atoms with E-state index in [-0.39, 0.29) is 11.2 Å². The molecule has 0 unspecified atom stereocenters. The molecule has 0 bridgehead atoms. The van der Waals surface area contributed by atoms with Gasteiger partial charge in [-0.3, -0.25) is 14.9 Å². The highest BCUT2D eigenvalue weighted by atomic mass is 32.1. The summed E-state index contributed by atoms with van der Waals surface area (Å²) in [5.41, 5.74) is 0.580. The Kier molecular flexibility index (Phi) is 3.99. The van der Waals surface area contributed by atoms with Gasteiger partial charge in [0, 0.05) is 13.5 Å². The predicted octanol–water partition coefficient (Wildman–Crippen LogP) is 1.85. The first-order valence-corrected chi connectivity index (χ1v) is 7.26. The second kappa shape index (κ2) is 5.44. The number of nitrogens with one attached hydrogen (secondary N) is 1. The zero-order valence-electron chi connectivity index (χ0n) is 12.1. The van der Waals surface area contributed by atoms with Gasteiger partial charge in [0.2, 0.25) is 0 Å². The summed E-state index contributed by atoms with van der Waals surface area (Å²) in [7, 11) is 1.38. The summed E-state index contributed by atoms with van der Waals surface area (Å²) >= 11 is 1.14. The third-order valence-electron chi connectivity index (χ3n) is 3.17. The number of anilines is 1. The van der Waals surface area contributed by atoms with Crippen molar-refractivity contribution in [3.8, 4) is 0 Å². The number of amides is 2. The number of urea groups is 1. The lowest BCUT2D eigenvalue weighted by atomic mass is 9.78. The van der Waals surface area contributed by atoms with Crippen LogP contribution in [-0.2, 0) is 11.2 Å². The monoisotopic (exact) mass is 311 g/mol. The van der Waals surface area contributed by atoms with Crippen LogP contribution in [0, 0.1) is 5.41 Å². The number of carbonyl (C=O) groups is 3. The number of rotatable bonds is 3. The van der Waals surface area contributed by atoms with Crippen molar-refractivity contribution in [2.45, 2.75) is 26.7 Å². The summed E-state index contributed by atoms with van der Waals surface area (Å²) in [6, 6.07) is -0.560. The number of aliphatic carboxylic acids is 1. The lowest BCUT2D eigenvalue weighted by Crippen LogP contribution is -2.35. The van der Waals surface area contributed by atoms with Gasteiger partial charge in [0.15, 0.2) is 10.9 Å². The molecule has 1 heterocycles. The SMILES string of the molecule is CN(CC(=O)O)C(=O)Nc1nc2c(s1)C(=O)CC(C)(C)C2. The molecular formula is C13H17N3O4S. The van der Waals surface area contributed by atoms with Crippen LogP contribution in [0.4, 0.5) is 9.93 Å². The van der Waals surface area contributed by atoms with Crippen LogP contribution in [0.3, 0.4) is 0 Å². The number of aromatic nitrogens is 1. The smallest absolute Gasteiger partial charge is 0.323 e.